The minimum atomic E-state index is -3.52. The van der Waals surface area contributed by atoms with E-state index in [0.29, 0.717) is 12.3 Å². The zero-order valence-electron chi connectivity index (χ0n) is 11.5. The molecule has 0 saturated carbocycles. The third-order valence-electron chi connectivity index (χ3n) is 3.73. The number of nitrogens with zero attached hydrogens (tertiary/aromatic N) is 1. The summed E-state index contributed by atoms with van der Waals surface area (Å²) in [6, 6.07) is 4.72. The first-order valence-electron chi connectivity index (χ1n) is 6.30. The molecule has 0 aliphatic carbocycles. The molecule has 1 saturated heterocycles. The predicted molar refractivity (Wildman–Crippen MR) is 74.4 cm³/mol. The van der Waals surface area contributed by atoms with Crippen molar-refractivity contribution in [2.45, 2.75) is 37.3 Å². The Bertz CT molecular complexity index is 571. The topological polar surface area (TPSA) is 72.6 Å². The van der Waals surface area contributed by atoms with E-state index >= 15 is 0 Å². The van der Waals surface area contributed by atoms with Crippen molar-refractivity contribution in [3.8, 4) is 0 Å². The number of nitrogen functional groups attached to an aromatic ring is 1. The Labute approximate surface area is 114 Å². The highest BCUT2D eigenvalue weighted by molar-refractivity contribution is 7.89. The van der Waals surface area contributed by atoms with E-state index in [1.807, 2.05) is 13.8 Å². The van der Waals surface area contributed by atoms with Crippen LogP contribution >= 0.6 is 0 Å². The number of anilines is 1. The van der Waals surface area contributed by atoms with Gasteiger partial charge in [-0.15, -0.1) is 0 Å². The molecular formula is C13H20N2O3S. The fourth-order valence-corrected chi connectivity index (χ4v) is 3.80. The average Bonchev–Trinajstić information content (AvgIpc) is 2.77. The molecule has 106 valence electrons. The number of sulfonamides is 1. The molecule has 2 unspecified atom stereocenters. The Morgan fingerprint density at radius 2 is 2.11 bits per heavy atom. The molecule has 0 spiro atoms. The number of aryl methyl sites for hydroxylation is 1. The number of hydrogen-bond acceptors (Lipinski definition) is 4. The van der Waals surface area contributed by atoms with Crippen LogP contribution in [0.1, 0.15) is 18.9 Å². The molecule has 1 aromatic carbocycles. The van der Waals surface area contributed by atoms with Gasteiger partial charge in [0.15, 0.2) is 0 Å². The van der Waals surface area contributed by atoms with Gasteiger partial charge in [0.2, 0.25) is 10.0 Å². The fourth-order valence-electron chi connectivity index (χ4n) is 2.32. The Morgan fingerprint density at radius 3 is 2.63 bits per heavy atom. The van der Waals surface area contributed by atoms with Gasteiger partial charge < -0.3 is 10.5 Å². The van der Waals surface area contributed by atoms with Gasteiger partial charge in [0.1, 0.15) is 0 Å². The molecule has 2 rings (SSSR count). The van der Waals surface area contributed by atoms with Gasteiger partial charge in [0.05, 0.1) is 17.0 Å². The van der Waals surface area contributed by atoms with Crippen molar-refractivity contribution in [3.63, 3.8) is 0 Å². The molecule has 2 N–H and O–H groups in total. The highest BCUT2D eigenvalue weighted by atomic mass is 32.2. The standard InChI is InChI=1S/C13H20N2O3S/c1-9-4-5-11(8-12(9)14)19(16,17)15(3)13-6-7-18-10(13)2/h4-5,8,10,13H,6-7,14H2,1-3H3. The van der Waals surface area contributed by atoms with Crippen molar-refractivity contribution in [3.05, 3.63) is 23.8 Å². The largest absolute Gasteiger partial charge is 0.398 e. The number of rotatable bonds is 3. The molecule has 1 aromatic rings. The van der Waals surface area contributed by atoms with Crippen LogP contribution in [0.3, 0.4) is 0 Å². The SMILES string of the molecule is Cc1ccc(S(=O)(=O)N(C)C2CCOC2C)cc1N. The smallest absolute Gasteiger partial charge is 0.243 e. The summed E-state index contributed by atoms with van der Waals surface area (Å²) >= 11 is 0. The van der Waals surface area contributed by atoms with Gasteiger partial charge >= 0.3 is 0 Å². The predicted octanol–water partition coefficient (Wildman–Crippen LogP) is 1.38. The molecule has 0 aromatic heterocycles. The maximum Gasteiger partial charge on any atom is 0.243 e. The van der Waals surface area contributed by atoms with Gasteiger partial charge in [0.25, 0.3) is 0 Å². The minimum absolute atomic E-state index is 0.0810. The van der Waals surface area contributed by atoms with Gasteiger partial charge in [-0.2, -0.15) is 4.31 Å². The third-order valence-corrected chi connectivity index (χ3v) is 5.61. The van der Waals surface area contributed by atoms with Crippen molar-refractivity contribution in [1.82, 2.24) is 4.31 Å². The van der Waals surface area contributed by atoms with Crippen molar-refractivity contribution in [1.29, 1.82) is 0 Å². The highest BCUT2D eigenvalue weighted by Gasteiger charge is 2.35. The zero-order chi connectivity index (χ0) is 14.2. The Balaban J connectivity index is 2.33. The second kappa shape index (κ2) is 5.11. The van der Waals surface area contributed by atoms with E-state index in [0.717, 1.165) is 12.0 Å². The normalized spacial score (nSPS) is 24.0. The van der Waals surface area contributed by atoms with Crippen molar-refractivity contribution in [2.24, 2.45) is 0 Å². The number of likely N-dealkylation sites (N-methyl/N-ethyl adjacent to an activating group) is 1. The first-order valence-corrected chi connectivity index (χ1v) is 7.74. The van der Waals surface area contributed by atoms with Gasteiger partial charge in [-0.25, -0.2) is 8.42 Å². The van der Waals surface area contributed by atoms with E-state index in [1.165, 1.54) is 10.4 Å². The lowest BCUT2D eigenvalue weighted by Crippen LogP contribution is -2.40. The van der Waals surface area contributed by atoms with E-state index in [-0.39, 0.29) is 17.0 Å². The first-order chi connectivity index (χ1) is 8.84. The summed E-state index contributed by atoms with van der Waals surface area (Å²) < 4.78 is 31.9. The van der Waals surface area contributed by atoms with Crippen LogP contribution < -0.4 is 5.73 Å². The molecule has 1 fully saturated rings. The fraction of sp³-hybridized carbons (Fsp3) is 0.538. The summed E-state index contributed by atoms with van der Waals surface area (Å²) in [6.07, 6.45) is 0.640. The maximum absolute atomic E-state index is 12.5. The van der Waals surface area contributed by atoms with E-state index in [9.17, 15) is 8.42 Å². The molecule has 19 heavy (non-hydrogen) atoms. The van der Waals surface area contributed by atoms with Crippen LogP contribution in [0.5, 0.6) is 0 Å². The lowest BCUT2D eigenvalue weighted by atomic mass is 10.2. The Hall–Kier alpha value is -1.11. The summed E-state index contributed by atoms with van der Waals surface area (Å²) in [7, 11) is -1.92. The average molecular weight is 284 g/mol. The summed E-state index contributed by atoms with van der Waals surface area (Å²) in [5.41, 5.74) is 7.16. The molecule has 0 amide bonds. The zero-order valence-corrected chi connectivity index (χ0v) is 12.3. The van der Waals surface area contributed by atoms with E-state index in [2.05, 4.69) is 0 Å². The lowest BCUT2D eigenvalue weighted by molar-refractivity contribution is 0.102. The molecule has 5 nitrogen and oxygen atoms in total. The molecule has 1 aliphatic rings. The van der Waals surface area contributed by atoms with Crippen LogP contribution in [0.4, 0.5) is 5.69 Å². The monoisotopic (exact) mass is 284 g/mol. The second-order valence-electron chi connectivity index (χ2n) is 4.97. The van der Waals surface area contributed by atoms with Crippen molar-refractivity contribution < 1.29 is 13.2 Å². The second-order valence-corrected chi connectivity index (χ2v) is 6.97. The van der Waals surface area contributed by atoms with Crippen LogP contribution in [-0.2, 0) is 14.8 Å². The molecule has 1 heterocycles. The van der Waals surface area contributed by atoms with E-state index in [4.69, 9.17) is 10.5 Å². The minimum Gasteiger partial charge on any atom is -0.398 e. The molecule has 0 bridgehead atoms. The van der Waals surface area contributed by atoms with Crippen LogP contribution in [-0.4, -0.2) is 38.5 Å². The highest BCUT2D eigenvalue weighted by Crippen LogP contribution is 2.26. The Kier molecular flexibility index (Phi) is 3.85. The lowest BCUT2D eigenvalue weighted by Gasteiger charge is -2.26. The third kappa shape index (κ3) is 2.61. The molecular weight excluding hydrogens is 264 g/mol. The van der Waals surface area contributed by atoms with Gasteiger partial charge in [-0.3, -0.25) is 0 Å². The van der Waals surface area contributed by atoms with Crippen LogP contribution in [0, 0.1) is 6.92 Å². The number of ether oxygens (including phenoxy) is 1. The van der Waals surface area contributed by atoms with E-state index in [1.54, 1.807) is 19.2 Å². The molecule has 0 radical (unpaired) electrons. The quantitative estimate of drug-likeness (QED) is 0.851. The van der Waals surface area contributed by atoms with Crippen molar-refractivity contribution in [2.75, 3.05) is 19.4 Å². The number of nitrogens with two attached hydrogens (primary N) is 1. The summed E-state index contributed by atoms with van der Waals surface area (Å²) in [6.45, 7) is 4.34. The molecule has 6 heteroatoms. The first kappa shape index (κ1) is 14.3. The summed E-state index contributed by atoms with van der Waals surface area (Å²) in [4.78, 5) is 0.234. The summed E-state index contributed by atoms with van der Waals surface area (Å²) in [5, 5.41) is 0. The Morgan fingerprint density at radius 1 is 1.42 bits per heavy atom. The molecule has 1 aliphatic heterocycles. The summed E-state index contributed by atoms with van der Waals surface area (Å²) in [5.74, 6) is 0. The molecule has 2 atom stereocenters. The van der Waals surface area contributed by atoms with Gasteiger partial charge in [-0.05, 0) is 38.0 Å². The van der Waals surface area contributed by atoms with E-state index < -0.39 is 10.0 Å². The van der Waals surface area contributed by atoms with Crippen LogP contribution in [0.15, 0.2) is 23.1 Å². The van der Waals surface area contributed by atoms with Gasteiger partial charge in [0, 0.05) is 19.3 Å². The number of hydrogen-bond donors (Lipinski definition) is 1. The van der Waals surface area contributed by atoms with Crippen LogP contribution in [0.2, 0.25) is 0 Å². The van der Waals surface area contributed by atoms with Crippen molar-refractivity contribution >= 4 is 15.7 Å². The maximum atomic E-state index is 12.5. The van der Waals surface area contributed by atoms with Gasteiger partial charge in [-0.1, -0.05) is 6.07 Å². The number of benzene rings is 1. The van der Waals surface area contributed by atoms with Crippen LogP contribution in [0.25, 0.3) is 0 Å².